The molecule has 5 nitrogen and oxygen atoms in total. The molecule has 0 saturated heterocycles. The van der Waals surface area contributed by atoms with Crippen LogP contribution >= 0.6 is 11.8 Å². The van der Waals surface area contributed by atoms with Crippen LogP contribution in [0.25, 0.3) is 0 Å². The third-order valence-corrected chi connectivity index (χ3v) is 3.36. The second kappa shape index (κ2) is 6.38. The van der Waals surface area contributed by atoms with Crippen LogP contribution in [0, 0.1) is 0 Å². The summed E-state index contributed by atoms with van der Waals surface area (Å²) in [6.45, 7) is 3.48. The van der Waals surface area contributed by atoms with Gasteiger partial charge in [-0.05, 0) is 24.3 Å². The van der Waals surface area contributed by atoms with Gasteiger partial charge >= 0.3 is 0 Å². The molecule has 100 valence electrons. The number of hydrogen-bond donors (Lipinski definition) is 1. The van der Waals surface area contributed by atoms with Gasteiger partial charge in [-0.3, -0.25) is 4.79 Å². The van der Waals surface area contributed by atoms with Gasteiger partial charge in [-0.1, -0.05) is 12.1 Å². The minimum Gasteiger partial charge on any atom is -0.338 e. The lowest BCUT2D eigenvalue weighted by Crippen LogP contribution is -2.05. The zero-order valence-corrected chi connectivity index (χ0v) is 11.7. The Morgan fingerprint density at radius 3 is 2.68 bits per heavy atom. The van der Waals surface area contributed by atoms with E-state index < -0.39 is 0 Å². The van der Waals surface area contributed by atoms with Crippen molar-refractivity contribution in [3.63, 3.8) is 0 Å². The van der Waals surface area contributed by atoms with E-state index in [1.165, 1.54) is 6.92 Å². The topological polar surface area (TPSA) is 68.0 Å². The largest absolute Gasteiger partial charge is 0.338 e. The number of anilines is 1. The fraction of sp³-hybridized carbons (Fsp3) is 0.308. The van der Waals surface area contributed by atoms with E-state index in [2.05, 4.69) is 15.5 Å². The van der Waals surface area contributed by atoms with Crippen LogP contribution in [0.1, 0.15) is 25.6 Å². The molecule has 0 radical (unpaired) electrons. The van der Waals surface area contributed by atoms with Gasteiger partial charge in [0.25, 0.3) is 0 Å². The Morgan fingerprint density at radius 2 is 2.11 bits per heavy atom. The molecule has 0 atom stereocenters. The highest BCUT2D eigenvalue weighted by Crippen LogP contribution is 2.23. The number of nitrogens with one attached hydrogen (secondary N) is 1. The summed E-state index contributed by atoms with van der Waals surface area (Å²) in [5.41, 5.74) is 0.794. The first-order valence-corrected chi connectivity index (χ1v) is 6.98. The maximum Gasteiger partial charge on any atom is 0.237 e. The minimum atomic E-state index is -0.0710. The van der Waals surface area contributed by atoms with Crippen LogP contribution in [0.2, 0.25) is 0 Å². The van der Waals surface area contributed by atoms with Crippen molar-refractivity contribution in [2.75, 3.05) is 5.32 Å². The highest BCUT2D eigenvalue weighted by molar-refractivity contribution is 7.98. The van der Waals surface area contributed by atoms with Crippen LogP contribution in [-0.4, -0.2) is 16.0 Å². The van der Waals surface area contributed by atoms with Crippen LogP contribution in [0.3, 0.4) is 0 Å². The lowest BCUT2D eigenvalue weighted by molar-refractivity contribution is -0.114. The fourth-order valence-electron chi connectivity index (χ4n) is 1.48. The van der Waals surface area contributed by atoms with Gasteiger partial charge in [0.05, 0.1) is 5.75 Å². The summed E-state index contributed by atoms with van der Waals surface area (Å²) in [7, 11) is 0. The lowest BCUT2D eigenvalue weighted by atomic mass is 10.3. The van der Waals surface area contributed by atoms with Gasteiger partial charge in [-0.15, -0.1) is 11.8 Å². The zero-order chi connectivity index (χ0) is 13.7. The number of aromatic nitrogens is 2. The highest BCUT2D eigenvalue weighted by Gasteiger charge is 2.05. The smallest absolute Gasteiger partial charge is 0.237 e. The van der Waals surface area contributed by atoms with Crippen LogP contribution in [0.4, 0.5) is 5.69 Å². The van der Waals surface area contributed by atoms with Crippen molar-refractivity contribution >= 4 is 23.4 Å². The second-order valence-corrected chi connectivity index (χ2v) is 5.00. The van der Waals surface area contributed by atoms with Crippen LogP contribution in [0.15, 0.2) is 33.7 Å². The minimum absolute atomic E-state index is 0.0710. The van der Waals surface area contributed by atoms with Crippen LogP contribution < -0.4 is 5.32 Å². The Morgan fingerprint density at radius 1 is 1.37 bits per heavy atom. The van der Waals surface area contributed by atoms with Gasteiger partial charge in [-0.25, -0.2) is 0 Å². The number of carbonyl (C=O) groups excluding carboxylic acids is 1. The molecule has 0 aliphatic carbocycles. The third-order valence-electron chi connectivity index (χ3n) is 2.36. The molecular formula is C13H15N3O2S. The Kier molecular flexibility index (Phi) is 4.57. The summed E-state index contributed by atoms with van der Waals surface area (Å²) in [5, 5.41) is 6.57. The van der Waals surface area contributed by atoms with Gasteiger partial charge in [0.1, 0.15) is 0 Å². The molecule has 1 heterocycles. The maximum absolute atomic E-state index is 10.9. The van der Waals surface area contributed by atoms with E-state index in [9.17, 15) is 4.79 Å². The van der Waals surface area contributed by atoms with Gasteiger partial charge < -0.3 is 9.84 Å². The summed E-state index contributed by atoms with van der Waals surface area (Å²) >= 11 is 1.62. The number of aryl methyl sites for hydroxylation is 1. The van der Waals surface area contributed by atoms with Crippen molar-refractivity contribution in [1.82, 2.24) is 10.1 Å². The van der Waals surface area contributed by atoms with Gasteiger partial charge in [0.15, 0.2) is 5.82 Å². The van der Waals surface area contributed by atoms with E-state index in [1.54, 1.807) is 11.8 Å². The quantitative estimate of drug-likeness (QED) is 0.851. The van der Waals surface area contributed by atoms with Crippen molar-refractivity contribution in [2.24, 2.45) is 0 Å². The molecule has 0 unspecified atom stereocenters. The Balaban J connectivity index is 1.90. The molecule has 19 heavy (non-hydrogen) atoms. The number of hydrogen-bond acceptors (Lipinski definition) is 5. The molecule has 2 rings (SSSR count). The molecule has 0 fully saturated rings. The van der Waals surface area contributed by atoms with Crippen LogP contribution in [0.5, 0.6) is 0 Å². The van der Waals surface area contributed by atoms with Crippen molar-refractivity contribution in [1.29, 1.82) is 0 Å². The van der Waals surface area contributed by atoms with E-state index in [0.717, 1.165) is 22.8 Å². The predicted octanol–water partition coefficient (Wildman–Crippen LogP) is 2.88. The molecule has 0 saturated carbocycles. The van der Waals surface area contributed by atoms with Crippen molar-refractivity contribution in [3.05, 3.63) is 36.0 Å². The molecule has 1 aromatic carbocycles. The average Bonchev–Trinajstić information content (AvgIpc) is 2.85. The predicted molar refractivity (Wildman–Crippen MR) is 74.0 cm³/mol. The van der Waals surface area contributed by atoms with Gasteiger partial charge in [0, 0.05) is 23.9 Å². The maximum atomic E-state index is 10.9. The molecule has 0 bridgehead atoms. The molecule has 1 aromatic heterocycles. The first kappa shape index (κ1) is 13.6. The Labute approximate surface area is 115 Å². The molecule has 6 heteroatoms. The molecule has 0 aliphatic rings. The van der Waals surface area contributed by atoms with Crippen molar-refractivity contribution < 1.29 is 9.32 Å². The summed E-state index contributed by atoms with van der Waals surface area (Å²) < 4.78 is 5.11. The molecule has 1 N–H and O–H groups in total. The summed E-state index contributed by atoms with van der Waals surface area (Å²) in [5.74, 6) is 1.94. The van der Waals surface area contributed by atoms with Gasteiger partial charge in [0.2, 0.25) is 11.8 Å². The molecule has 0 aliphatic heterocycles. The number of amides is 1. The average molecular weight is 277 g/mol. The lowest BCUT2D eigenvalue weighted by Gasteiger charge is -2.03. The van der Waals surface area contributed by atoms with E-state index >= 15 is 0 Å². The van der Waals surface area contributed by atoms with E-state index in [0.29, 0.717) is 11.6 Å². The third kappa shape index (κ3) is 4.10. The molecule has 2 aromatic rings. The molecule has 1 amide bonds. The fourth-order valence-corrected chi connectivity index (χ4v) is 2.21. The number of benzene rings is 1. The SMILES string of the molecule is CCc1noc(CSc2ccc(NC(C)=O)cc2)n1. The Hall–Kier alpha value is -1.82. The second-order valence-electron chi connectivity index (χ2n) is 3.95. The zero-order valence-electron chi connectivity index (χ0n) is 10.8. The van der Waals surface area contributed by atoms with Crippen molar-refractivity contribution in [2.45, 2.75) is 30.9 Å². The number of rotatable bonds is 5. The Bertz CT molecular complexity index is 551. The van der Waals surface area contributed by atoms with E-state index in [-0.39, 0.29) is 5.91 Å². The molecular weight excluding hydrogens is 262 g/mol. The standard InChI is InChI=1S/C13H15N3O2S/c1-3-12-15-13(18-16-12)8-19-11-6-4-10(5-7-11)14-9(2)17/h4-7H,3,8H2,1-2H3,(H,14,17). The first-order chi connectivity index (χ1) is 9.17. The first-order valence-electron chi connectivity index (χ1n) is 5.99. The monoisotopic (exact) mass is 277 g/mol. The number of nitrogens with zero attached hydrogens (tertiary/aromatic N) is 2. The van der Waals surface area contributed by atoms with Crippen molar-refractivity contribution in [3.8, 4) is 0 Å². The summed E-state index contributed by atoms with van der Waals surface area (Å²) in [6, 6.07) is 7.64. The summed E-state index contributed by atoms with van der Waals surface area (Å²) in [6.07, 6.45) is 0.777. The summed E-state index contributed by atoms with van der Waals surface area (Å²) in [4.78, 5) is 16.2. The van der Waals surface area contributed by atoms with E-state index in [1.807, 2.05) is 31.2 Å². The molecule has 0 spiro atoms. The van der Waals surface area contributed by atoms with E-state index in [4.69, 9.17) is 4.52 Å². The number of thioether (sulfide) groups is 1. The normalized spacial score (nSPS) is 10.4. The number of carbonyl (C=O) groups is 1. The van der Waals surface area contributed by atoms with Gasteiger partial charge in [-0.2, -0.15) is 4.98 Å². The van der Waals surface area contributed by atoms with Crippen LogP contribution in [-0.2, 0) is 17.0 Å². The highest BCUT2D eigenvalue weighted by atomic mass is 32.2.